The van der Waals surface area contributed by atoms with Gasteiger partial charge in [0, 0.05) is 17.2 Å². The Labute approximate surface area is 185 Å². The zero-order chi connectivity index (χ0) is 23.0. The second-order valence-corrected chi connectivity index (χ2v) is 9.97. The van der Waals surface area contributed by atoms with Crippen LogP contribution in [0.3, 0.4) is 0 Å². The molecule has 2 atom stereocenters. The normalized spacial score (nSPS) is 24.1. The van der Waals surface area contributed by atoms with Crippen LogP contribution in [-0.4, -0.2) is 54.3 Å². The van der Waals surface area contributed by atoms with Gasteiger partial charge >= 0.3 is 0 Å². The molecule has 0 aromatic heterocycles. The highest BCUT2D eigenvalue weighted by molar-refractivity contribution is 7.91. The summed E-state index contributed by atoms with van der Waals surface area (Å²) >= 11 is 0. The standard InChI is InChI=1S/C23H22FNO6S/c1-2-31-16-9-7-14(8-10-16)21(26)19-20(17-5-3-4-6-18(17)24)25(23(28)22(19)27)15-11-12-32(29,30)13-15/h3-10,15,20,26H,2,11-13H2,1H3/b21-19+. The number of benzene rings is 2. The summed E-state index contributed by atoms with van der Waals surface area (Å²) in [7, 11) is -3.38. The molecule has 2 aromatic rings. The number of hydrogen-bond donors (Lipinski definition) is 1. The maximum absolute atomic E-state index is 14.8. The number of halogens is 1. The summed E-state index contributed by atoms with van der Waals surface area (Å²) in [6, 6.07) is 9.90. The molecule has 0 radical (unpaired) electrons. The molecule has 2 heterocycles. The van der Waals surface area contributed by atoms with Crippen LogP contribution >= 0.6 is 0 Å². The second-order valence-electron chi connectivity index (χ2n) is 7.74. The van der Waals surface area contributed by atoms with Gasteiger partial charge < -0.3 is 14.7 Å². The minimum Gasteiger partial charge on any atom is -0.507 e. The molecule has 32 heavy (non-hydrogen) atoms. The van der Waals surface area contributed by atoms with Crippen LogP contribution in [0.5, 0.6) is 5.75 Å². The lowest BCUT2D eigenvalue weighted by molar-refractivity contribution is -0.141. The maximum atomic E-state index is 14.8. The molecular weight excluding hydrogens is 437 g/mol. The topological polar surface area (TPSA) is 101 Å². The predicted molar refractivity (Wildman–Crippen MR) is 115 cm³/mol. The molecule has 4 rings (SSSR count). The van der Waals surface area contributed by atoms with Crippen LogP contribution in [0.25, 0.3) is 5.76 Å². The zero-order valence-corrected chi connectivity index (χ0v) is 18.1. The molecule has 2 fully saturated rings. The van der Waals surface area contributed by atoms with E-state index >= 15 is 0 Å². The highest BCUT2D eigenvalue weighted by atomic mass is 32.2. The van der Waals surface area contributed by atoms with Gasteiger partial charge in [-0.25, -0.2) is 12.8 Å². The van der Waals surface area contributed by atoms with E-state index < -0.39 is 45.2 Å². The first-order valence-electron chi connectivity index (χ1n) is 10.2. The molecular formula is C23H22FNO6S. The molecule has 1 N–H and O–H groups in total. The third-order valence-corrected chi connectivity index (χ3v) is 7.47. The molecule has 2 aliphatic heterocycles. The van der Waals surface area contributed by atoms with Crippen molar-refractivity contribution in [2.75, 3.05) is 18.1 Å². The average Bonchev–Trinajstić information content (AvgIpc) is 3.25. The van der Waals surface area contributed by atoms with Crippen molar-refractivity contribution in [2.24, 2.45) is 0 Å². The smallest absolute Gasteiger partial charge is 0.295 e. The SMILES string of the molecule is CCOc1ccc(/C(O)=C2\C(=O)C(=O)N(C3CCS(=O)(=O)C3)C2c2ccccc2F)cc1. The lowest BCUT2D eigenvalue weighted by atomic mass is 9.94. The first-order valence-corrected chi connectivity index (χ1v) is 12.0. The van der Waals surface area contributed by atoms with Crippen molar-refractivity contribution in [2.45, 2.75) is 25.4 Å². The van der Waals surface area contributed by atoms with Gasteiger partial charge in [0.25, 0.3) is 11.7 Å². The van der Waals surface area contributed by atoms with Crippen molar-refractivity contribution in [1.82, 2.24) is 4.90 Å². The fourth-order valence-electron chi connectivity index (χ4n) is 4.25. The second kappa shape index (κ2) is 8.38. The van der Waals surface area contributed by atoms with E-state index in [1.54, 1.807) is 18.2 Å². The average molecular weight is 459 g/mol. The monoisotopic (exact) mass is 459 g/mol. The van der Waals surface area contributed by atoms with Crippen molar-refractivity contribution in [3.8, 4) is 5.75 Å². The Morgan fingerprint density at radius 2 is 1.84 bits per heavy atom. The summed E-state index contributed by atoms with van der Waals surface area (Å²) < 4.78 is 44.3. The molecule has 1 amide bonds. The number of carbonyl (C=O) groups is 2. The van der Waals surface area contributed by atoms with Crippen molar-refractivity contribution in [1.29, 1.82) is 0 Å². The number of rotatable bonds is 5. The number of aliphatic hydroxyl groups excluding tert-OH is 1. The Hall–Kier alpha value is -3.20. The summed E-state index contributed by atoms with van der Waals surface area (Å²) in [5, 5.41) is 11.0. The van der Waals surface area contributed by atoms with Gasteiger partial charge in [0.15, 0.2) is 9.84 Å². The first-order chi connectivity index (χ1) is 15.2. The molecule has 168 valence electrons. The largest absolute Gasteiger partial charge is 0.507 e. The Morgan fingerprint density at radius 3 is 2.44 bits per heavy atom. The van der Waals surface area contributed by atoms with Crippen molar-refractivity contribution >= 4 is 27.3 Å². The quantitative estimate of drug-likeness (QED) is 0.419. The van der Waals surface area contributed by atoms with Crippen LogP contribution in [0, 0.1) is 5.82 Å². The minimum absolute atomic E-state index is 0.0171. The van der Waals surface area contributed by atoms with Gasteiger partial charge in [-0.2, -0.15) is 0 Å². The van der Waals surface area contributed by atoms with E-state index in [0.717, 1.165) is 4.90 Å². The van der Waals surface area contributed by atoms with Crippen molar-refractivity contribution < 1.29 is 32.2 Å². The molecule has 0 aliphatic carbocycles. The van der Waals surface area contributed by atoms with Crippen LogP contribution in [0.2, 0.25) is 0 Å². The summed E-state index contributed by atoms with van der Waals surface area (Å²) in [5.74, 6) is -2.92. The van der Waals surface area contributed by atoms with Crippen LogP contribution in [0.4, 0.5) is 4.39 Å². The first kappa shape index (κ1) is 22.0. The number of aliphatic hydroxyl groups is 1. The van der Waals surface area contributed by atoms with E-state index in [0.29, 0.717) is 12.4 Å². The van der Waals surface area contributed by atoms with E-state index in [1.165, 1.54) is 30.3 Å². The fourth-order valence-corrected chi connectivity index (χ4v) is 5.97. The van der Waals surface area contributed by atoms with Gasteiger partial charge in [-0.3, -0.25) is 9.59 Å². The molecule has 0 spiro atoms. The number of carbonyl (C=O) groups excluding carboxylic acids is 2. The predicted octanol–water partition coefficient (Wildman–Crippen LogP) is 2.83. The van der Waals surface area contributed by atoms with Crippen molar-refractivity contribution in [3.63, 3.8) is 0 Å². The summed E-state index contributed by atoms with van der Waals surface area (Å²) in [6.45, 7) is 2.28. The number of ketones is 1. The lowest BCUT2D eigenvalue weighted by Gasteiger charge is -2.30. The van der Waals surface area contributed by atoms with Gasteiger partial charge in [0.2, 0.25) is 0 Å². The van der Waals surface area contributed by atoms with Crippen LogP contribution < -0.4 is 4.74 Å². The lowest BCUT2D eigenvalue weighted by Crippen LogP contribution is -2.40. The zero-order valence-electron chi connectivity index (χ0n) is 17.3. The molecule has 2 unspecified atom stereocenters. The van der Waals surface area contributed by atoms with Gasteiger partial charge in [0.1, 0.15) is 17.3 Å². The summed E-state index contributed by atoms with van der Waals surface area (Å²) in [5.41, 5.74) is 0.00359. The highest BCUT2D eigenvalue weighted by Gasteiger charge is 2.51. The van der Waals surface area contributed by atoms with Crippen LogP contribution in [-0.2, 0) is 19.4 Å². The van der Waals surface area contributed by atoms with E-state index in [1.807, 2.05) is 6.92 Å². The van der Waals surface area contributed by atoms with Crippen molar-refractivity contribution in [3.05, 3.63) is 71.0 Å². The molecule has 0 bridgehead atoms. The Balaban J connectivity index is 1.86. The minimum atomic E-state index is -3.38. The van der Waals surface area contributed by atoms with Crippen LogP contribution in [0.1, 0.15) is 30.5 Å². The molecule has 7 nitrogen and oxygen atoms in total. The van der Waals surface area contributed by atoms with Gasteiger partial charge in [-0.1, -0.05) is 18.2 Å². The van der Waals surface area contributed by atoms with E-state index in [2.05, 4.69) is 0 Å². The molecule has 2 saturated heterocycles. The third kappa shape index (κ3) is 3.88. The molecule has 0 saturated carbocycles. The Morgan fingerprint density at radius 1 is 1.16 bits per heavy atom. The van der Waals surface area contributed by atoms with E-state index in [9.17, 15) is 27.5 Å². The number of likely N-dealkylation sites (tertiary alicyclic amines) is 1. The number of ether oxygens (including phenoxy) is 1. The fraction of sp³-hybridized carbons (Fsp3) is 0.304. The number of nitrogens with zero attached hydrogens (tertiary/aromatic N) is 1. The number of Topliss-reactive ketones (excluding diaryl/α,β-unsaturated/α-hetero) is 1. The van der Waals surface area contributed by atoms with E-state index in [-0.39, 0.29) is 34.6 Å². The third-order valence-electron chi connectivity index (χ3n) is 5.72. The molecule has 2 aromatic carbocycles. The van der Waals surface area contributed by atoms with Crippen LogP contribution in [0.15, 0.2) is 54.1 Å². The highest BCUT2D eigenvalue weighted by Crippen LogP contribution is 2.43. The Bertz CT molecular complexity index is 1210. The van der Waals surface area contributed by atoms with E-state index in [4.69, 9.17) is 4.74 Å². The summed E-state index contributed by atoms with van der Waals surface area (Å²) in [4.78, 5) is 27.1. The van der Waals surface area contributed by atoms with Gasteiger partial charge in [-0.05, 0) is 43.7 Å². The molecule has 2 aliphatic rings. The Kier molecular flexibility index (Phi) is 5.77. The maximum Gasteiger partial charge on any atom is 0.295 e. The number of amides is 1. The van der Waals surface area contributed by atoms with Gasteiger partial charge in [-0.15, -0.1) is 0 Å². The summed E-state index contributed by atoms with van der Waals surface area (Å²) in [6.07, 6.45) is 0.142. The number of sulfone groups is 1. The number of hydrogen-bond acceptors (Lipinski definition) is 6. The molecule has 9 heteroatoms. The van der Waals surface area contributed by atoms with Gasteiger partial charge in [0.05, 0.1) is 29.7 Å².